The Kier molecular flexibility index (Phi) is 270. The Balaban J connectivity index is -0.0000000379. The second-order valence-corrected chi connectivity index (χ2v) is 26.4. The van der Waals surface area contributed by atoms with E-state index in [1.165, 1.54) is 0 Å². The molecule has 717 valence electrons. The minimum Gasteiger partial charge on any atom is -0.792 e. The van der Waals surface area contributed by atoms with Crippen LogP contribution in [0.1, 0.15) is 113 Å². The van der Waals surface area contributed by atoms with E-state index in [1.54, 1.807) is 25.7 Å². The zero-order valence-electron chi connectivity index (χ0n) is 77.6. The fourth-order valence-electron chi connectivity index (χ4n) is 8.24. The Morgan fingerprint density at radius 1 is 0.323 bits per heavy atom. The average Bonchev–Trinajstić information content (AvgIpc) is 0.786. The Hall–Kier alpha value is 20.1. The summed E-state index contributed by atoms with van der Waals surface area (Å²) >= 11 is 14.2. The average molecular weight is 3520 g/mol. The molecule has 61 heteroatoms. The first-order chi connectivity index (χ1) is 52.0. The van der Waals surface area contributed by atoms with Crippen molar-refractivity contribution >= 4 is 55.8 Å². The van der Waals surface area contributed by atoms with E-state index < -0.39 is 90.0 Å². The normalized spacial score (nSPS) is 10.9. The van der Waals surface area contributed by atoms with Crippen molar-refractivity contribution < 1.29 is 836 Å². The zero-order valence-corrected chi connectivity index (χ0v) is 140. The summed E-state index contributed by atoms with van der Waals surface area (Å²) in [4.78, 5) is 71.8. The van der Waals surface area contributed by atoms with Crippen molar-refractivity contribution in [2.75, 3.05) is 228 Å². The number of carbonyl (C=O) groups excluding carboxylic acids is 3. The van der Waals surface area contributed by atoms with Gasteiger partial charge in [0.2, 0.25) is 0 Å². The number of nitrogens with zero attached hydrogens (tertiary/aromatic N) is 4. The number of aliphatic hydroxyl groups excluding tert-OH is 18. The topological polar surface area (TPSA) is 568 Å². The maximum atomic E-state index is 11.8. The molecule has 0 amide bonds. The molecule has 37 nitrogen and oxygen atoms in total. The van der Waals surface area contributed by atoms with Gasteiger partial charge in [-0.15, -0.1) is 0 Å². The Morgan fingerprint density at radius 3 is 0.708 bits per heavy atom. The van der Waals surface area contributed by atoms with Crippen molar-refractivity contribution in [3.8, 4) is 0 Å². The van der Waals surface area contributed by atoms with Crippen LogP contribution in [0.25, 0.3) is 0 Å². The maximum absolute atomic E-state index is 11.8. The summed E-state index contributed by atoms with van der Waals surface area (Å²) in [5, 5.41) is 157. The number of aromatic nitrogens is 3. The van der Waals surface area contributed by atoms with E-state index in [4.69, 9.17) is 157 Å². The summed E-state index contributed by atoms with van der Waals surface area (Å²) in [6.07, 6.45) is 2.92. The molecule has 21 radical (unpaired) electrons. The van der Waals surface area contributed by atoms with Crippen LogP contribution in [0.3, 0.4) is 0 Å². The predicted octanol–water partition coefficient (Wildman–Crippen LogP) is -5.97. The summed E-state index contributed by atoms with van der Waals surface area (Å²) < 4.78 is 50.3. The van der Waals surface area contributed by atoms with E-state index in [0.29, 0.717) is 98.7 Å². The van der Waals surface area contributed by atoms with E-state index in [-0.39, 0.29) is 886 Å². The third-order valence-corrected chi connectivity index (χ3v) is 16.1. The minimum absolute atomic E-state index is 0. The SMILES string of the molecule is CCC(CO)(CO)CO.CCC(COC(=O)CC[S-])(COC(=O)CC[S-])COC(=O)CC[S-].CCC(COCC(C)O)(COCC(C)O)COCC(C)O.CCC(COCCO)(COCCO)COCCO.O=c1n(CCO)c(=O)n(CCO)c(=O)n1CCO.OCCCCC(O)CO.OCCN(CCO)CCO.[Y].[Y].[Y].[Y].[Y].[Y].[Y].[Y].[Y].[Y].[Y].[Y].[Y].[Y].[Y].[Y].[Y].[Y].[Y].[Y].[Y]. The summed E-state index contributed by atoms with van der Waals surface area (Å²) in [5.74, 6) is -0.511. The second-order valence-electron chi connectivity index (χ2n) is 25.2. The van der Waals surface area contributed by atoms with Crippen LogP contribution in [0.5, 0.6) is 0 Å². The molecule has 0 aliphatic rings. The van der Waals surface area contributed by atoms with Gasteiger partial charge in [-0.1, -0.05) is 27.7 Å². The van der Waals surface area contributed by atoms with Crippen molar-refractivity contribution in [3.05, 3.63) is 31.5 Å². The third kappa shape index (κ3) is 131. The molecular formula is C69H139N4O33S3Y21-3. The molecule has 130 heavy (non-hydrogen) atoms. The molecule has 0 aliphatic carbocycles. The van der Waals surface area contributed by atoms with Gasteiger partial charge < -0.3 is 172 Å². The van der Waals surface area contributed by atoms with Crippen LogP contribution < -0.4 is 17.1 Å². The Morgan fingerprint density at radius 2 is 0.546 bits per heavy atom. The van der Waals surface area contributed by atoms with Gasteiger partial charge >= 0.3 is 35.0 Å². The van der Waals surface area contributed by atoms with Gasteiger partial charge in [-0.25, -0.2) is 28.1 Å². The van der Waals surface area contributed by atoms with Crippen molar-refractivity contribution in [2.24, 2.45) is 21.7 Å². The quantitative estimate of drug-likeness (QED) is 0.0125. The van der Waals surface area contributed by atoms with Gasteiger partial charge in [0.15, 0.2) is 0 Å². The monoisotopic (exact) mass is 3510 g/mol. The van der Waals surface area contributed by atoms with Crippen molar-refractivity contribution in [2.45, 2.75) is 157 Å². The van der Waals surface area contributed by atoms with Gasteiger partial charge in [0.05, 0.1) is 215 Å². The molecule has 0 aliphatic heterocycles. The predicted molar refractivity (Wildman–Crippen MR) is 409 cm³/mol. The van der Waals surface area contributed by atoms with Gasteiger partial charge in [0.25, 0.3) is 0 Å². The first-order valence-electron chi connectivity index (χ1n) is 36.6. The number of esters is 3. The summed E-state index contributed by atoms with van der Waals surface area (Å²) in [6, 6.07) is 0. The molecule has 1 rings (SSSR count). The Bertz CT molecular complexity index is 2220. The van der Waals surface area contributed by atoms with Crippen molar-refractivity contribution in [3.63, 3.8) is 0 Å². The number of ether oxygens (including phenoxy) is 9. The molecule has 1 heterocycles. The van der Waals surface area contributed by atoms with Crippen LogP contribution >= 0.6 is 0 Å². The number of hydrogen-bond donors (Lipinski definition) is 18. The summed E-state index contributed by atoms with van der Waals surface area (Å²) in [7, 11) is 0. The van der Waals surface area contributed by atoms with E-state index in [1.807, 2.05) is 27.7 Å². The third-order valence-electron chi connectivity index (χ3n) is 15.5. The fraction of sp³-hybridized carbons (Fsp3) is 0.913. The molecule has 18 N–H and O–H groups in total. The van der Waals surface area contributed by atoms with Crippen LogP contribution in [0.2, 0.25) is 0 Å². The van der Waals surface area contributed by atoms with E-state index >= 15 is 0 Å². The maximum Gasteiger partial charge on any atom is 0.336 e. The number of aliphatic hydroxyl groups is 18. The molecule has 0 bridgehead atoms. The molecule has 4 atom stereocenters. The number of carbonyl (C=O) groups is 3. The van der Waals surface area contributed by atoms with E-state index in [2.05, 4.69) is 0 Å². The largest absolute Gasteiger partial charge is 0.792 e. The van der Waals surface area contributed by atoms with E-state index in [0.717, 1.165) is 19.3 Å². The van der Waals surface area contributed by atoms with Gasteiger partial charge in [-0.2, -0.15) is 17.3 Å². The summed E-state index contributed by atoms with van der Waals surface area (Å²) in [6.45, 7) is 15.8. The minimum atomic E-state index is -0.887. The zero-order chi connectivity index (χ0) is 84.4. The van der Waals surface area contributed by atoms with Gasteiger partial charge in [-0.05, 0) is 65.7 Å². The van der Waals surface area contributed by atoms with Crippen LogP contribution in [0.15, 0.2) is 14.4 Å². The molecule has 0 saturated heterocycles. The first-order valence-corrected chi connectivity index (χ1v) is 38.3. The van der Waals surface area contributed by atoms with Gasteiger partial charge in [0, 0.05) is 749 Å². The van der Waals surface area contributed by atoms with E-state index in [9.17, 15) is 44.1 Å². The molecule has 1 aromatic rings. The smallest absolute Gasteiger partial charge is 0.336 e. The number of unbranched alkanes of at least 4 members (excludes halogenated alkanes) is 1. The molecule has 0 saturated carbocycles. The van der Waals surface area contributed by atoms with Crippen molar-refractivity contribution in [1.82, 2.24) is 18.6 Å². The second kappa shape index (κ2) is 160. The molecule has 0 fully saturated rings. The molecule has 0 spiro atoms. The van der Waals surface area contributed by atoms with Crippen LogP contribution in [-0.2, 0) is 801 Å². The van der Waals surface area contributed by atoms with Crippen LogP contribution in [0.4, 0.5) is 0 Å². The first kappa shape index (κ1) is 220. The molecule has 4 unspecified atom stereocenters. The molecule has 0 aromatic carbocycles. The molecular weight excluding hydrogens is 3380 g/mol. The Labute approximate surface area is 1320 Å². The van der Waals surface area contributed by atoms with Gasteiger partial charge in [0.1, 0.15) is 19.8 Å². The van der Waals surface area contributed by atoms with Gasteiger partial charge in [-0.3, -0.25) is 19.3 Å². The van der Waals surface area contributed by atoms with Crippen LogP contribution in [0, 0.1) is 21.7 Å². The molecule has 1 aromatic heterocycles. The standard InChI is InChI=1S/C15H26O6S3.C15H32O6.C12H26O6.C9H15N3O6.C6H15NO3.2C6H14O3.21Y/c1-2-15(9-19-12(16)3-6-22,10-20-13(17)4-7-23)11-21-14(18)5-8-24;1-5-15(9-19-6-12(2)16,10-20-7-13(3)17)11-21-8-14(4)18;1-2-12(9-16-6-3-13,10-17-7-4-14)11-18-8-5-15;13-4-1-10-7(16)11(2-5-14)9(18)12(3-6-15)8(10)17;8-4-1-7(2-5-9)3-6-10;1-2-6(3-7,4-8)5-9;7-4-2-1-3-6(9)5-8;;;;;;;;;;;;;;;;;;;;;/h22-24H,2-11H2,1H3;12-14,16-18H,5-11H2,1-4H3;13-15H,2-11H2,1H3;13-15H,1-6H2;8-10H,1-6H2;7-9H,2-5H2,1H3;6-9H,1-5H2;;;;;;;;;;;;;;;;;;;;;/p-3. The summed E-state index contributed by atoms with van der Waals surface area (Å²) in [5.41, 5.74) is -4.78. The van der Waals surface area contributed by atoms with Crippen molar-refractivity contribution in [1.29, 1.82) is 0 Å². The van der Waals surface area contributed by atoms with Crippen LogP contribution in [-0.4, -0.2) is 381 Å². The fourth-order valence-corrected chi connectivity index (χ4v) is 8.74. The number of hydrogen-bond acceptors (Lipinski definition) is 37. The number of rotatable bonds is 60.